The summed E-state index contributed by atoms with van der Waals surface area (Å²) in [5.41, 5.74) is 5.52. The Hall–Kier alpha value is -1.78. The molecule has 2 aromatic rings. The first-order chi connectivity index (χ1) is 9.58. The predicted octanol–water partition coefficient (Wildman–Crippen LogP) is 3.41. The van der Waals surface area contributed by atoms with Crippen LogP contribution < -0.4 is 11.3 Å². The maximum absolute atomic E-state index is 13.2. The molecule has 0 aliphatic rings. The van der Waals surface area contributed by atoms with Crippen molar-refractivity contribution in [2.75, 3.05) is 0 Å². The molecule has 0 heterocycles. The summed E-state index contributed by atoms with van der Waals surface area (Å²) in [5, 5.41) is 0. The van der Waals surface area contributed by atoms with Gasteiger partial charge in [-0.25, -0.2) is 8.78 Å². The van der Waals surface area contributed by atoms with E-state index in [4.69, 9.17) is 5.84 Å². The van der Waals surface area contributed by atoms with Crippen LogP contribution in [0.3, 0.4) is 0 Å². The summed E-state index contributed by atoms with van der Waals surface area (Å²) in [6.45, 7) is 2.03. The van der Waals surface area contributed by atoms with E-state index >= 15 is 0 Å². The molecule has 0 bridgehead atoms. The van der Waals surface area contributed by atoms with Crippen molar-refractivity contribution < 1.29 is 8.78 Å². The zero-order valence-electron chi connectivity index (χ0n) is 11.4. The normalized spacial score (nSPS) is 12.4. The Morgan fingerprint density at radius 2 is 1.80 bits per heavy atom. The Bertz CT molecular complexity index is 564. The van der Waals surface area contributed by atoms with Gasteiger partial charge in [0.2, 0.25) is 0 Å². The first kappa shape index (κ1) is 14.6. The average Bonchev–Trinajstić information content (AvgIpc) is 2.38. The van der Waals surface area contributed by atoms with Crippen molar-refractivity contribution in [3.05, 3.63) is 70.8 Å². The van der Waals surface area contributed by atoms with E-state index in [1.165, 1.54) is 23.3 Å². The monoisotopic (exact) mass is 276 g/mol. The maximum Gasteiger partial charge on any atom is 0.126 e. The maximum atomic E-state index is 13.2. The molecule has 0 saturated carbocycles. The fraction of sp³-hybridized carbons (Fsp3) is 0.250. The van der Waals surface area contributed by atoms with Crippen molar-refractivity contribution in [3.63, 3.8) is 0 Å². The molecule has 0 amide bonds. The number of benzene rings is 2. The highest BCUT2D eigenvalue weighted by atomic mass is 19.1. The number of rotatable bonds is 5. The van der Waals surface area contributed by atoms with E-state index in [-0.39, 0.29) is 6.04 Å². The second-order valence-corrected chi connectivity index (χ2v) is 4.95. The molecule has 0 saturated heterocycles. The lowest BCUT2D eigenvalue weighted by molar-refractivity contribution is 0.504. The van der Waals surface area contributed by atoms with Gasteiger partial charge in [-0.2, -0.15) is 0 Å². The van der Waals surface area contributed by atoms with Crippen LogP contribution in [0.1, 0.15) is 29.2 Å². The number of nitrogens with one attached hydrogen (secondary N) is 1. The number of hydrazine groups is 1. The van der Waals surface area contributed by atoms with E-state index in [0.29, 0.717) is 12.0 Å². The molecule has 0 radical (unpaired) electrons. The number of nitrogens with two attached hydrogens (primary N) is 1. The lowest BCUT2D eigenvalue weighted by atomic mass is 9.98. The van der Waals surface area contributed by atoms with E-state index in [1.807, 2.05) is 25.1 Å². The minimum absolute atomic E-state index is 0.277. The highest BCUT2D eigenvalue weighted by Crippen LogP contribution is 2.21. The Balaban J connectivity index is 2.09. The molecule has 106 valence electrons. The van der Waals surface area contributed by atoms with Crippen molar-refractivity contribution in [1.29, 1.82) is 0 Å². The Morgan fingerprint density at radius 1 is 1.10 bits per heavy atom. The molecular weight excluding hydrogens is 258 g/mol. The van der Waals surface area contributed by atoms with Crippen LogP contribution in [-0.2, 0) is 6.42 Å². The summed E-state index contributed by atoms with van der Waals surface area (Å²) in [4.78, 5) is 0. The smallest absolute Gasteiger partial charge is 0.126 e. The first-order valence-corrected chi connectivity index (χ1v) is 6.56. The Morgan fingerprint density at radius 3 is 2.40 bits per heavy atom. The van der Waals surface area contributed by atoms with Gasteiger partial charge in [-0.15, -0.1) is 0 Å². The van der Waals surface area contributed by atoms with Crippen molar-refractivity contribution in [2.45, 2.75) is 25.8 Å². The molecule has 0 spiro atoms. The SMILES string of the molecule is Cc1cccc(CCC(NN)c2cc(F)cc(F)c2)c1. The summed E-state index contributed by atoms with van der Waals surface area (Å²) in [7, 11) is 0. The minimum atomic E-state index is -0.587. The van der Waals surface area contributed by atoms with Gasteiger partial charge in [-0.3, -0.25) is 11.3 Å². The summed E-state index contributed by atoms with van der Waals surface area (Å²) in [6.07, 6.45) is 1.46. The number of hydrogen-bond donors (Lipinski definition) is 2. The molecule has 2 nitrogen and oxygen atoms in total. The van der Waals surface area contributed by atoms with Crippen LogP contribution in [0.2, 0.25) is 0 Å². The van der Waals surface area contributed by atoms with E-state index in [2.05, 4.69) is 11.5 Å². The standard InChI is InChI=1S/C16H18F2N2/c1-11-3-2-4-12(7-11)5-6-16(20-19)13-8-14(17)10-15(18)9-13/h2-4,7-10,16,20H,5-6,19H2,1H3. The second kappa shape index (κ2) is 6.59. The molecule has 20 heavy (non-hydrogen) atoms. The third kappa shape index (κ3) is 3.85. The lowest BCUT2D eigenvalue weighted by Crippen LogP contribution is -2.28. The third-order valence-electron chi connectivity index (χ3n) is 3.29. The van der Waals surface area contributed by atoms with Crippen LogP contribution in [0, 0.1) is 18.6 Å². The van der Waals surface area contributed by atoms with Crippen LogP contribution in [-0.4, -0.2) is 0 Å². The number of hydrogen-bond acceptors (Lipinski definition) is 2. The fourth-order valence-corrected chi connectivity index (χ4v) is 2.30. The molecule has 0 fully saturated rings. The van der Waals surface area contributed by atoms with E-state index in [9.17, 15) is 8.78 Å². The average molecular weight is 276 g/mol. The van der Waals surface area contributed by atoms with Crippen LogP contribution >= 0.6 is 0 Å². The summed E-state index contributed by atoms with van der Waals surface area (Å²) in [6, 6.07) is 11.4. The van der Waals surface area contributed by atoms with Gasteiger partial charge < -0.3 is 0 Å². The molecular formula is C16H18F2N2. The van der Waals surface area contributed by atoms with Gasteiger partial charge in [0.1, 0.15) is 11.6 Å². The highest BCUT2D eigenvalue weighted by Gasteiger charge is 2.12. The third-order valence-corrected chi connectivity index (χ3v) is 3.29. The number of halogens is 2. The zero-order valence-corrected chi connectivity index (χ0v) is 11.4. The molecule has 0 aliphatic heterocycles. The second-order valence-electron chi connectivity index (χ2n) is 4.95. The molecule has 0 aliphatic carbocycles. The quantitative estimate of drug-likeness (QED) is 0.649. The first-order valence-electron chi connectivity index (χ1n) is 6.56. The van der Waals surface area contributed by atoms with Crippen molar-refractivity contribution in [3.8, 4) is 0 Å². The van der Waals surface area contributed by atoms with Crippen molar-refractivity contribution in [2.24, 2.45) is 5.84 Å². The molecule has 3 N–H and O–H groups in total. The zero-order chi connectivity index (χ0) is 14.5. The topological polar surface area (TPSA) is 38.0 Å². The van der Waals surface area contributed by atoms with E-state index in [1.54, 1.807) is 0 Å². The number of aryl methyl sites for hydroxylation is 2. The molecule has 0 aromatic heterocycles. The van der Waals surface area contributed by atoms with Crippen LogP contribution in [0.15, 0.2) is 42.5 Å². The van der Waals surface area contributed by atoms with Crippen LogP contribution in [0.4, 0.5) is 8.78 Å². The van der Waals surface area contributed by atoms with Gasteiger partial charge >= 0.3 is 0 Å². The van der Waals surface area contributed by atoms with Crippen molar-refractivity contribution >= 4 is 0 Å². The Labute approximate surface area is 117 Å². The van der Waals surface area contributed by atoms with Gasteiger partial charge in [-0.05, 0) is 43.0 Å². The largest absolute Gasteiger partial charge is 0.271 e. The van der Waals surface area contributed by atoms with E-state index < -0.39 is 11.6 Å². The molecule has 4 heteroatoms. The molecule has 1 atom stereocenters. The molecule has 2 aromatic carbocycles. The summed E-state index contributed by atoms with van der Waals surface area (Å²) < 4.78 is 26.5. The van der Waals surface area contributed by atoms with Gasteiger partial charge in [0.15, 0.2) is 0 Å². The Kier molecular flexibility index (Phi) is 4.82. The summed E-state index contributed by atoms with van der Waals surface area (Å²) in [5.74, 6) is 4.33. The minimum Gasteiger partial charge on any atom is -0.271 e. The fourth-order valence-electron chi connectivity index (χ4n) is 2.30. The molecule has 2 rings (SSSR count). The lowest BCUT2D eigenvalue weighted by Gasteiger charge is -2.16. The van der Waals surface area contributed by atoms with E-state index in [0.717, 1.165) is 12.5 Å². The van der Waals surface area contributed by atoms with Gasteiger partial charge in [0, 0.05) is 12.1 Å². The van der Waals surface area contributed by atoms with Gasteiger partial charge in [-0.1, -0.05) is 29.8 Å². The van der Waals surface area contributed by atoms with Crippen molar-refractivity contribution in [1.82, 2.24) is 5.43 Å². The van der Waals surface area contributed by atoms with Gasteiger partial charge in [0.25, 0.3) is 0 Å². The summed E-state index contributed by atoms with van der Waals surface area (Å²) >= 11 is 0. The molecule has 1 unspecified atom stereocenters. The predicted molar refractivity (Wildman–Crippen MR) is 75.9 cm³/mol. The van der Waals surface area contributed by atoms with Gasteiger partial charge in [0.05, 0.1) is 0 Å². The van der Waals surface area contributed by atoms with Crippen LogP contribution in [0.5, 0.6) is 0 Å². The van der Waals surface area contributed by atoms with Crippen LogP contribution in [0.25, 0.3) is 0 Å². The highest BCUT2D eigenvalue weighted by molar-refractivity contribution is 5.24.